The van der Waals surface area contributed by atoms with E-state index in [1.165, 1.54) is 65.4 Å². The van der Waals surface area contributed by atoms with E-state index < -0.39 is 5.41 Å². The van der Waals surface area contributed by atoms with Gasteiger partial charge in [0.25, 0.3) is 0 Å². The number of hydrogen-bond acceptors (Lipinski definition) is 4. The molecule has 3 heterocycles. The molecular weight excluding hydrogens is 747 g/mol. The maximum absolute atomic E-state index is 5.28. The van der Waals surface area contributed by atoms with Crippen molar-refractivity contribution in [2.45, 2.75) is 15.2 Å². The lowest BCUT2D eigenvalue weighted by molar-refractivity contribution is 0.723. The van der Waals surface area contributed by atoms with E-state index in [9.17, 15) is 0 Å². The van der Waals surface area contributed by atoms with Crippen LogP contribution in [-0.2, 0) is 5.41 Å². The van der Waals surface area contributed by atoms with Crippen molar-refractivity contribution in [3.8, 4) is 67.3 Å². The third-order valence-corrected chi connectivity index (χ3v) is 13.4. The highest BCUT2D eigenvalue weighted by Gasteiger charge is 2.50. The van der Waals surface area contributed by atoms with Crippen LogP contribution < -0.4 is 0 Å². The Labute approximate surface area is 353 Å². The highest BCUT2D eigenvalue weighted by Crippen LogP contribution is 2.63. The number of aromatic nitrogens is 3. The van der Waals surface area contributed by atoms with Crippen LogP contribution in [0.5, 0.6) is 0 Å². The molecule has 0 N–H and O–H groups in total. The van der Waals surface area contributed by atoms with Crippen LogP contribution in [-0.4, -0.2) is 15.0 Å². The van der Waals surface area contributed by atoms with Crippen LogP contribution in [0.4, 0.5) is 0 Å². The molecule has 10 aromatic rings. The van der Waals surface area contributed by atoms with Gasteiger partial charge in [-0.2, -0.15) is 0 Å². The number of hydrogen-bond donors (Lipinski definition) is 0. The van der Waals surface area contributed by atoms with E-state index in [2.05, 4.69) is 181 Å². The third-order valence-electron chi connectivity index (χ3n) is 12.2. The minimum absolute atomic E-state index is 0.553. The quantitative estimate of drug-likeness (QED) is 0.174. The topological polar surface area (TPSA) is 38.7 Å². The zero-order chi connectivity index (χ0) is 39.6. The van der Waals surface area contributed by atoms with E-state index in [0.29, 0.717) is 5.82 Å². The minimum Gasteiger partial charge on any atom is -0.256 e. The molecule has 1 aliphatic carbocycles. The summed E-state index contributed by atoms with van der Waals surface area (Å²) >= 11 is 1.87. The molecule has 1 aliphatic heterocycles. The Bertz CT molecular complexity index is 3180. The summed E-state index contributed by atoms with van der Waals surface area (Å²) < 4.78 is 0. The van der Waals surface area contributed by atoms with Gasteiger partial charge in [0.1, 0.15) is 0 Å². The molecular formula is C56H35N3S. The summed E-state index contributed by atoms with van der Waals surface area (Å²) in [5.74, 6) is 0.711. The van der Waals surface area contributed by atoms with E-state index in [1.807, 2.05) is 48.3 Å². The predicted molar refractivity (Wildman–Crippen MR) is 246 cm³/mol. The lowest BCUT2D eigenvalue weighted by atomic mass is 9.67. The van der Waals surface area contributed by atoms with E-state index >= 15 is 0 Å². The van der Waals surface area contributed by atoms with Crippen molar-refractivity contribution in [2.24, 2.45) is 0 Å². The van der Waals surface area contributed by atoms with Crippen molar-refractivity contribution < 1.29 is 0 Å². The SMILES string of the molecule is c1ccc(-c2cc(-c3ccc4c(c3)C3(c5ccccc5Sc5ccccc53)c3cc(-c5ccc(-c6ccnc7ccccc67)cc5)ccc3-4)nc(-c3ccccc3)n2)cc1. The summed E-state index contributed by atoms with van der Waals surface area (Å²) in [7, 11) is 0. The second-order valence-electron chi connectivity index (χ2n) is 15.5. The zero-order valence-corrected chi connectivity index (χ0v) is 33.3. The standard InChI is InChI=1S/C56H35N3S/c1-3-13-38(14-4-1)51-35-52(59-55(58-51)39-15-5-2-6-16-39)41-28-30-44-43-29-27-40(36-23-25-37(26-24-36)42-31-32-57-50-20-10-7-17-45(42)50)33-48(43)56(49(44)34-41)46-18-8-11-21-53(46)60-54-22-12-9-19-47(54)56/h1-35H. The summed E-state index contributed by atoms with van der Waals surface area (Å²) in [6.07, 6.45) is 1.90. The van der Waals surface area contributed by atoms with Gasteiger partial charge in [0.15, 0.2) is 5.82 Å². The van der Waals surface area contributed by atoms with Gasteiger partial charge in [-0.3, -0.25) is 4.98 Å². The maximum atomic E-state index is 5.28. The van der Waals surface area contributed by atoms with Gasteiger partial charge in [0.05, 0.1) is 22.3 Å². The van der Waals surface area contributed by atoms with Gasteiger partial charge < -0.3 is 0 Å². The summed E-state index contributed by atoms with van der Waals surface area (Å²) in [5, 5.41) is 1.16. The number of rotatable bonds is 5. The first-order chi connectivity index (χ1) is 29.7. The molecule has 3 nitrogen and oxygen atoms in total. The first-order valence-electron chi connectivity index (χ1n) is 20.3. The first kappa shape index (κ1) is 34.6. The smallest absolute Gasteiger partial charge is 0.160 e. The fraction of sp³-hybridized carbons (Fsp3) is 0.0179. The highest BCUT2D eigenvalue weighted by atomic mass is 32.2. The van der Waals surface area contributed by atoms with E-state index in [0.717, 1.165) is 39.0 Å². The summed E-state index contributed by atoms with van der Waals surface area (Å²) in [4.78, 5) is 17.5. The molecule has 0 saturated heterocycles. The van der Waals surface area contributed by atoms with Crippen molar-refractivity contribution >= 4 is 22.7 Å². The Morgan fingerprint density at radius 1 is 0.350 bits per heavy atom. The Morgan fingerprint density at radius 2 is 0.883 bits per heavy atom. The lowest BCUT2D eigenvalue weighted by Crippen LogP contribution is -2.32. The number of benzene rings is 8. The molecule has 0 amide bonds. The number of para-hydroxylation sites is 1. The van der Waals surface area contributed by atoms with Crippen molar-refractivity contribution in [1.82, 2.24) is 15.0 Å². The second-order valence-corrected chi connectivity index (χ2v) is 16.6. The molecule has 1 spiro atoms. The van der Waals surface area contributed by atoms with Crippen molar-refractivity contribution in [3.05, 3.63) is 235 Å². The van der Waals surface area contributed by atoms with Crippen LogP contribution >= 0.6 is 11.8 Å². The van der Waals surface area contributed by atoms with Crippen LogP contribution in [0.3, 0.4) is 0 Å². The van der Waals surface area contributed by atoms with Gasteiger partial charge in [0.2, 0.25) is 0 Å². The molecule has 0 fully saturated rings. The predicted octanol–water partition coefficient (Wildman–Crippen LogP) is 14.2. The molecule has 0 radical (unpaired) electrons. The largest absolute Gasteiger partial charge is 0.256 e. The van der Waals surface area contributed by atoms with Gasteiger partial charge in [-0.1, -0.05) is 176 Å². The molecule has 0 saturated carbocycles. The summed E-state index contributed by atoms with van der Waals surface area (Å²) in [5.41, 5.74) is 17.8. The number of fused-ring (bicyclic) bond motifs is 10. The molecule has 0 unspecified atom stereocenters. The molecule has 280 valence electrons. The van der Waals surface area contributed by atoms with Crippen LogP contribution in [0, 0.1) is 0 Å². The van der Waals surface area contributed by atoms with Crippen molar-refractivity contribution in [2.75, 3.05) is 0 Å². The molecule has 4 heteroatoms. The average Bonchev–Trinajstić information content (AvgIpc) is 3.61. The number of nitrogens with zero attached hydrogens (tertiary/aromatic N) is 3. The monoisotopic (exact) mass is 781 g/mol. The highest BCUT2D eigenvalue weighted by molar-refractivity contribution is 7.99. The molecule has 8 aromatic carbocycles. The maximum Gasteiger partial charge on any atom is 0.160 e. The van der Waals surface area contributed by atoms with Crippen LogP contribution in [0.2, 0.25) is 0 Å². The Kier molecular flexibility index (Phi) is 8.00. The normalized spacial score (nSPS) is 13.1. The lowest BCUT2D eigenvalue weighted by Gasteiger charge is -2.40. The fourth-order valence-electron chi connectivity index (χ4n) is 9.50. The van der Waals surface area contributed by atoms with Gasteiger partial charge >= 0.3 is 0 Å². The van der Waals surface area contributed by atoms with E-state index in [4.69, 9.17) is 9.97 Å². The first-order valence-corrected chi connectivity index (χ1v) is 21.2. The van der Waals surface area contributed by atoms with Crippen LogP contribution in [0.1, 0.15) is 22.3 Å². The molecule has 60 heavy (non-hydrogen) atoms. The fourth-order valence-corrected chi connectivity index (χ4v) is 10.7. The van der Waals surface area contributed by atoms with Gasteiger partial charge in [-0.25, -0.2) is 9.97 Å². The van der Waals surface area contributed by atoms with E-state index in [1.54, 1.807) is 0 Å². The zero-order valence-electron chi connectivity index (χ0n) is 32.5. The van der Waals surface area contributed by atoms with Crippen LogP contribution in [0.15, 0.2) is 222 Å². The van der Waals surface area contributed by atoms with Crippen molar-refractivity contribution in [3.63, 3.8) is 0 Å². The molecule has 2 aliphatic rings. The Hall–Kier alpha value is -7.40. The van der Waals surface area contributed by atoms with Crippen molar-refractivity contribution in [1.29, 1.82) is 0 Å². The Balaban J connectivity index is 1.06. The molecule has 0 bridgehead atoms. The minimum atomic E-state index is -0.553. The third kappa shape index (κ3) is 5.42. The van der Waals surface area contributed by atoms with E-state index in [-0.39, 0.29) is 0 Å². The average molecular weight is 782 g/mol. The summed E-state index contributed by atoms with van der Waals surface area (Å²) in [6.45, 7) is 0. The second kappa shape index (κ2) is 13.9. The van der Waals surface area contributed by atoms with Gasteiger partial charge in [-0.15, -0.1) is 0 Å². The van der Waals surface area contributed by atoms with Gasteiger partial charge in [-0.05, 0) is 98.1 Å². The molecule has 0 atom stereocenters. The summed E-state index contributed by atoms with van der Waals surface area (Å²) in [6, 6.07) is 74.4. The van der Waals surface area contributed by atoms with Crippen LogP contribution in [0.25, 0.3) is 78.2 Å². The number of pyridine rings is 1. The molecule has 12 rings (SSSR count). The van der Waals surface area contributed by atoms with Gasteiger partial charge in [0, 0.05) is 38.1 Å². The molecule has 2 aromatic heterocycles. The Morgan fingerprint density at radius 3 is 1.58 bits per heavy atom.